The first-order valence-electron chi connectivity index (χ1n) is 8.65. The molecule has 0 fully saturated rings. The van der Waals surface area contributed by atoms with Crippen LogP contribution >= 0.6 is 0 Å². The number of urea groups is 1. The molecule has 0 aromatic heterocycles. The molecule has 0 bridgehead atoms. The van der Waals surface area contributed by atoms with Crippen LogP contribution in [0.1, 0.15) is 24.2 Å². The maximum absolute atomic E-state index is 12.3. The van der Waals surface area contributed by atoms with E-state index in [0.29, 0.717) is 11.3 Å². The second kappa shape index (κ2) is 9.47. The van der Waals surface area contributed by atoms with Crippen LogP contribution in [0.2, 0.25) is 0 Å². The molecule has 2 aromatic carbocycles. The van der Waals surface area contributed by atoms with Gasteiger partial charge in [-0.3, -0.25) is 14.9 Å². The highest BCUT2D eigenvalue weighted by Crippen LogP contribution is 2.23. The third-order valence-corrected chi connectivity index (χ3v) is 4.05. The lowest BCUT2D eigenvalue weighted by Crippen LogP contribution is -2.41. The maximum Gasteiger partial charge on any atom is 0.323 e. The van der Waals surface area contributed by atoms with Crippen LogP contribution < -0.4 is 16.0 Å². The van der Waals surface area contributed by atoms with Gasteiger partial charge in [-0.25, -0.2) is 4.79 Å². The van der Waals surface area contributed by atoms with E-state index in [1.54, 1.807) is 24.3 Å². The number of aliphatic hydroxyl groups is 1. The number of amides is 3. The van der Waals surface area contributed by atoms with Gasteiger partial charge in [0.1, 0.15) is 5.69 Å². The molecule has 2 rings (SSSR count). The molecule has 0 aliphatic carbocycles. The Bertz CT molecular complexity index is 869. The third-order valence-electron chi connectivity index (χ3n) is 4.05. The number of para-hydroxylation sites is 2. The molecule has 148 valence electrons. The van der Waals surface area contributed by atoms with Crippen LogP contribution in [-0.2, 0) is 0 Å². The second-order valence-corrected chi connectivity index (χ2v) is 6.44. The predicted octanol–water partition coefficient (Wildman–Crippen LogP) is 2.99. The Morgan fingerprint density at radius 2 is 1.82 bits per heavy atom. The van der Waals surface area contributed by atoms with E-state index in [4.69, 9.17) is 0 Å². The summed E-state index contributed by atoms with van der Waals surface area (Å²) >= 11 is 0. The van der Waals surface area contributed by atoms with Crippen molar-refractivity contribution in [1.29, 1.82) is 0 Å². The van der Waals surface area contributed by atoms with Gasteiger partial charge in [-0.05, 0) is 30.2 Å². The summed E-state index contributed by atoms with van der Waals surface area (Å²) < 4.78 is 0. The van der Waals surface area contributed by atoms with Gasteiger partial charge >= 0.3 is 6.03 Å². The number of nitro groups is 1. The molecule has 0 aliphatic rings. The van der Waals surface area contributed by atoms with Gasteiger partial charge in [-0.2, -0.15) is 0 Å². The number of carbonyl (C=O) groups excluding carboxylic acids is 2. The summed E-state index contributed by atoms with van der Waals surface area (Å²) in [6, 6.07) is 10.9. The first-order chi connectivity index (χ1) is 13.3. The molecule has 0 spiro atoms. The number of nitrogens with zero attached hydrogens (tertiary/aromatic N) is 1. The van der Waals surface area contributed by atoms with Gasteiger partial charge < -0.3 is 21.1 Å². The molecular formula is C19H22N4O5. The smallest absolute Gasteiger partial charge is 0.323 e. The van der Waals surface area contributed by atoms with Gasteiger partial charge in [0.05, 0.1) is 17.6 Å². The summed E-state index contributed by atoms with van der Waals surface area (Å²) in [5, 5.41) is 28.0. The topological polar surface area (TPSA) is 134 Å². The number of benzene rings is 2. The zero-order chi connectivity index (χ0) is 20.7. The fraction of sp³-hybridized carbons (Fsp3) is 0.263. The van der Waals surface area contributed by atoms with E-state index in [1.807, 2.05) is 13.8 Å². The largest absolute Gasteiger partial charge is 0.394 e. The first-order valence-corrected chi connectivity index (χ1v) is 8.65. The van der Waals surface area contributed by atoms with Crippen LogP contribution in [-0.4, -0.2) is 34.6 Å². The lowest BCUT2D eigenvalue weighted by molar-refractivity contribution is -0.383. The Hall–Kier alpha value is -3.46. The van der Waals surface area contributed by atoms with Crippen molar-refractivity contribution in [2.24, 2.45) is 5.92 Å². The monoisotopic (exact) mass is 386 g/mol. The lowest BCUT2D eigenvalue weighted by atomic mass is 10.0. The van der Waals surface area contributed by atoms with Crippen LogP contribution in [0.15, 0.2) is 48.5 Å². The van der Waals surface area contributed by atoms with Crippen molar-refractivity contribution < 1.29 is 19.6 Å². The number of hydrogen-bond donors (Lipinski definition) is 4. The van der Waals surface area contributed by atoms with Gasteiger partial charge in [0.2, 0.25) is 0 Å². The molecule has 0 saturated carbocycles. The van der Waals surface area contributed by atoms with Crippen LogP contribution in [0.3, 0.4) is 0 Å². The van der Waals surface area contributed by atoms with Crippen molar-refractivity contribution >= 4 is 29.0 Å². The Labute approximate surface area is 161 Å². The molecule has 9 nitrogen and oxygen atoms in total. The molecule has 0 saturated heterocycles. The van der Waals surface area contributed by atoms with Crippen LogP contribution in [0, 0.1) is 16.0 Å². The van der Waals surface area contributed by atoms with E-state index in [2.05, 4.69) is 16.0 Å². The number of carbonyl (C=O) groups is 2. The standard InChI is InChI=1S/C19H22N4O5/c1-12(2)16(11-24)21-18(25)13-6-5-7-14(10-13)20-19(26)22-15-8-3-4-9-17(15)23(27)28/h3-10,12,16,24H,11H2,1-2H3,(H,21,25)(H2,20,22,26)/t16-/m1/s1. The molecule has 0 aliphatic heterocycles. The minimum atomic E-state index is -0.678. The molecule has 0 radical (unpaired) electrons. The maximum atomic E-state index is 12.3. The van der Waals surface area contributed by atoms with Gasteiger partial charge in [-0.1, -0.05) is 32.0 Å². The average Bonchev–Trinajstić information content (AvgIpc) is 2.66. The van der Waals surface area contributed by atoms with E-state index in [0.717, 1.165) is 0 Å². The predicted molar refractivity (Wildman–Crippen MR) is 105 cm³/mol. The zero-order valence-electron chi connectivity index (χ0n) is 15.5. The Balaban J connectivity index is 2.07. The molecule has 2 aromatic rings. The van der Waals surface area contributed by atoms with Crippen molar-refractivity contribution in [2.45, 2.75) is 19.9 Å². The Morgan fingerprint density at radius 3 is 2.46 bits per heavy atom. The summed E-state index contributed by atoms with van der Waals surface area (Å²) in [6.45, 7) is 3.58. The second-order valence-electron chi connectivity index (χ2n) is 6.44. The summed E-state index contributed by atoms with van der Waals surface area (Å²) in [7, 11) is 0. The molecule has 4 N–H and O–H groups in total. The van der Waals surface area contributed by atoms with E-state index in [-0.39, 0.29) is 35.8 Å². The third kappa shape index (κ3) is 5.52. The molecule has 9 heteroatoms. The highest BCUT2D eigenvalue weighted by molar-refractivity contribution is 6.02. The van der Waals surface area contributed by atoms with E-state index in [1.165, 1.54) is 24.3 Å². The fourth-order valence-electron chi connectivity index (χ4n) is 2.44. The Morgan fingerprint density at radius 1 is 1.11 bits per heavy atom. The number of nitro benzene ring substituents is 1. The first kappa shape index (κ1) is 20.8. The quantitative estimate of drug-likeness (QED) is 0.429. The summed E-state index contributed by atoms with van der Waals surface area (Å²) in [4.78, 5) is 34.9. The van der Waals surface area contributed by atoms with Crippen molar-refractivity contribution in [2.75, 3.05) is 17.2 Å². The van der Waals surface area contributed by atoms with Gasteiger partial charge in [-0.15, -0.1) is 0 Å². The van der Waals surface area contributed by atoms with E-state index < -0.39 is 11.0 Å². The van der Waals surface area contributed by atoms with Crippen LogP contribution in [0.4, 0.5) is 21.9 Å². The normalized spacial score (nSPS) is 11.6. The number of anilines is 2. The molecule has 0 heterocycles. The number of rotatable bonds is 7. The molecular weight excluding hydrogens is 364 g/mol. The van der Waals surface area contributed by atoms with Crippen molar-refractivity contribution in [3.8, 4) is 0 Å². The minimum Gasteiger partial charge on any atom is -0.394 e. The summed E-state index contributed by atoms with van der Waals surface area (Å²) in [5.74, 6) is -0.321. The number of hydrogen-bond acceptors (Lipinski definition) is 5. The van der Waals surface area contributed by atoms with Crippen molar-refractivity contribution in [3.05, 3.63) is 64.2 Å². The van der Waals surface area contributed by atoms with Crippen molar-refractivity contribution in [1.82, 2.24) is 5.32 Å². The van der Waals surface area contributed by atoms with E-state index in [9.17, 15) is 24.8 Å². The molecule has 0 unspecified atom stereocenters. The highest BCUT2D eigenvalue weighted by atomic mass is 16.6. The van der Waals surface area contributed by atoms with Crippen molar-refractivity contribution in [3.63, 3.8) is 0 Å². The van der Waals surface area contributed by atoms with Crippen LogP contribution in [0.25, 0.3) is 0 Å². The zero-order valence-corrected chi connectivity index (χ0v) is 15.5. The number of nitrogens with one attached hydrogen (secondary N) is 3. The Kier molecular flexibility index (Phi) is 7.05. The lowest BCUT2D eigenvalue weighted by Gasteiger charge is -2.20. The SMILES string of the molecule is CC(C)[C@@H](CO)NC(=O)c1cccc(NC(=O)Nc2ccccc2[N+](=O)[O-])c1. The fourth-order valence-corrected chi connectivity index (χ4v) is 2.44. The van der Waals surface area contributed by atoms with Crippen LogP contribution in [0.5, 0.6) is 0 Å². The van der Waals surface area contributed by atoms with E-state index >= 15 is 0 Å². The molecule has 1 atom stereocenters. The average molecular weight is 386 g/mol. The molecule has 3 amide bonds. The number of aliphatic hydroxyl groups excluding tert-OH is 1. The highest BCUT2D eigenvalue weighted by Gasteiger charge is 2.17. The minimum absolute atomic E-state index is 0.0571. The molecule has 28 heavy (non-hydrogen) atoms. The van der Waals surface area contributed by atoms with Gasteiger partial charge in [0.15, 0.2) is 0 Å². The summed E-state index contributed by atoms with van der Waals surface area (Å²) in [6.07, 6.45) is 0. The van der Waals surface area contributed by atoms with Gasteiger partial charge in [0.25, 0.3) is 11.6 Å². The van der Waals surface area contributed by atoms with Gasteiger partial charge in [0, 0.05) is 17.3 Å². The summed E-state index contributed by atoms with van der Waals surface area (Å²) in [5.41, 5.74) is 0.479.